The zero-order valence-corrected chi connectivity index (χ0v) is 14.6. The zero-order valence-electron chi connectivity index (χ0n) is 14.6. The van der Waals surface area contributed by atoms with Gasteiger partial charge in [-0.25, -0.2) is 9.49 Å². The van der Waals surface area contributed by atoms with E-state index in [-0.39, 0.29) is 29.0 Å². The van der Waals surface area contributed by atoms with E-state index < -0.39 is 0 Å². The maximum atomic E-state index is 14.1. The van der Waals surface area contributed by atoms with Gasteiger partial charge in [0.15, 0.2) is 5.69 Å². The van der Waals surface area contributed by atoms with Crippen molar-refractivity contribution in [2.75, 3.05) is 18.0 Å². The number of nitrogens with zero attached hydrogens (tertiary/aromatic N) is 2. The SMILES string of the molecule is O=C(NC1CCCN(c2ccccc2F)C1)c1n[nH]c(=O)c2ccccc12. The third kappa shape index (κ3) is 3.40. The van der Waals surface area contributed by atoms with Gasteiger partial charge in [0.1, 0.15) is 5.82 Å². The fraction of sp³-hybridized carbons (Fsp3) is 0.250. The average Bonchev–Trinajstić information content (AvgIpc) is 2.69. The Morgan fingerprint density at radius 1 is 1.15 bits per heavy atom. The molecule has 4 rings (SSSR count). The molecule has 1 aliphatic heterocycles. The Kier molecular flexibility index (Phi) is 4.58. The van der Waals surface area contributed by atoms with Gasteiger partial charge in [0.25, 0.3) is 11.5 Å². The Balaban J connectivity index is 1.54. The second-order valence-electron chi connectivity index (χ2n) is 6.66. The highest BCUT2D eigenvalue weighted by Crippen LogP contribution is 2.23. The molecule has 1 atom stereocenters. The van der Waals surface area contributed by atoms with Gasteiger partial charge in [0, 0.05) is 24.5 Å². The first-order valence-electron chi connectivity index (χ1n) is 8.91. The lowest BCUT2D eigenvalue weighted by molar-refractivity contribution is 0.0929. The number of halogens is 1. The second kappa shape index (κ2) is 7.19. The van der Waals surface area contributed by atoms with E-state index in [1.165, 1.54) is 6.07 Å². The van der Waals surface area contributed by atoms with E-state index in [4.69, 9.17) is 0 Å². The van der Waals surface area contributed by atoms with Crippen LogP contribution in [0.25, 0.3) is 10.8 Å². The molecule has 1 unspecified atom stereocenters. The van der Waals surface area contributed by atoms with E-state index in [9.17, 15) is 14.0 Å². The normalized spacial score (nSPS) is 17.1. The maximum absolute atomic E-state index is 14.1. The van der Waals surface area contributed by atoms with Gasteiger partial charge in [-0.2, -0.15) is 5.10 Å². The van der Waals surface area contributed by atoms with Crippen LogP contribution in [-0.4, -0.2) is 35.2 Å². The monoisotopic (exact) mass is 366 g/mol. The van der Waals surface area contributed by atoms with Crippen molar-refractivity contribution in [2.45, 2.75) is 18.9 Å². The molecule has 1 fully saturated rings. The molecular weight excluding hydrogens is 347 g/mol. The van der Waals surface area contributed by atoms with E-state index in [2.05, 4.69) is 15.5 Å². The summed E-state index contributed by atoms with van der Waals surface area (Å²) in [5.74, 6) is -0.611. The van der Waals surface area contributed by atoms with Crippen LogP contribution in [0.1, 0.15) is 23.3 Å². The summed E-state index contributed by atoms with van der Waals surface area (Å²) in [4.78, 5) is 26.6. The van der Waals surface area contributed by atoms with Gasteiger partial charge in [-0.15, -0.1) is 0 Å². The molecule has 3 aromatic rings. The smallest absolute Gasteiger partial charge is 0.272 e. The standard InChI is InChI=1S/C20H19FN4O2/c21-16-9-3-4-10-17(16)25-11-5-6-13(12-25)22-20(27)18-14-7-1-2-8-15(14)19(26)24-23-18/h1-4,7-10,13H,5-6,11-12H2,(H,22,27)(H,24,26). The Bertz CT molecular complexity index is 1050. The molecule has 1 amide bonds. The van der Waals surface area contributed by atoms with Gasteiger partial charge in [0.05, 0.1) is 11.1 Å². The van der Waals surface area contributed by atoms with Crippen molar-refractivity contribution in [2.24, 2.45) is 0 Å². The molecule has 2 N–H and O–H groups in total. The van der Waals surface area contributed by atoms with Crippen molar-refractivity contribution in [1.82, 2.24) is 15.5 Å². The van der Waals surface area contributed by atoms with Crippen molar-refractivity contribution in [3.63, 3.8) is 0 Å². The summed E-state index contributed by atoms with van der Waals surface area (Å²) in [5.41, 5.74) is 0.405. The predicted octanol–water partition coefficient (Wildman–Crippen LogP) is 2.46. The molecule has 0 radical (unpaired) electrons. The molecule has 1 aliphatic rings. The van der Waals surface area contributed by atoms with Crippen LogP contribution in [0.5, 0.6) is 0 Å². The third-order valence-corrected chi connectivity index (χ3v) is 4.86. The van der Waals surface area contributed by atoms with Crippen molar-refractivity contribution in [1.29, 1.82) is 0 Å². The van der Waals surface area contributed by atoms with Crippen LogP contribution in [0.3, 0.4) is 0 Å². The van der Waals surface area contributed by atoms with Crippen molar-refractivity contribution < 1.29 is 9.18 Å². The number of aromatic nitrogens is 2. The van der Waals surface area contributed by atoms with Gasteiger partial charge in [-0.3, -0.25) is 9.59 Å². The van der Waals surface area contributed by atoms with Crippen LogP contribution in [0, 0.1) is 5.82 Å². The second-order valence-corrected chi connectivity index (χ2v) is 6.66. The van der Waals surface area contributed by atoms with Crippen molar-refractivity contribution in [3.8, 4) is 0 Å². The van der Waals surface area contributed by atoms with Gasteiger partial charge in [0.2, 0.25) is 0 Å². The molecule has 138 valence electrons. The molecule has 6 nitrogen and oxygen atoms in total. The lowest BCUT2D eigenvalue weighted by atomic mass is 10.0. The minimum Gasteiger partial charge on any atom is -0.367 e. The van der Waals surface area contributed by atoms with E-state index >= 15 is 0 Å². The number of hydrogen-bond acceptors (Lipinski definition) is 4. The van der Waals surface area contributed by atoms with Gasteiger partial charge in [-0.1, -0.05) is 30.3 Å². The fourth-order valence-corrected chi connectivity index (χ4v) is 3.56. The molecule has 7 heteroatoms. The quantitative estimate of drug-likeness (QED) is 0.746. The topological polar surface area (TPSA) is 78.1 Å². The minimum absolute atomic E-state index is 0.127. The highest BCUT2D eigenvalue weighted by molar-refractivity contribution is 6.04. The highest BCUT2D eigenvalue weighted by Gasteiger charge is 2.24. The average molecular weight is 366 g/mol. The predicted molar refractivity (Wildman–Crippen MR) is 101 cm³/mol. The maximum Gasteiger partial charge on any atom is 0.272 e. The number of aromatic amines is 1. The molecule has 0 spiro atoms. The molecule has 0 bridgehead atoms. The molecule has 27 heavy (non-hydrogen) atoms. The Labute approximate surface area is 155 Å². The van der Waals surface area contributed by atoms with E-state index in [0.717, 1.165) is 19.4 Å². The first-order valence-corrected chi connectivity index (χ1v) is 8.91. The van der Waals surface area contributed by atoms with E-state index in [1.807, 2.05) is 4.90 Å². The zero-order chi connectivity index (χ0) is 18.8. The van der Waals surface area contributed by atoms with Crippen LogP contribution < -0.4 is 15.8 Å². The lowest BCUT2D eigenvalue weighted by Gasteiger charge is -2.34. The number of fused-ring (bicyclic) bond motifs is 1. The summed E-state index contributed by atoms with van der Waals surface area (Å²) >= 11 is 0. The molecule has 1 aromatic heterocycles. The number of piperidine rings is 1. The Hall–Kier alpha value is -3.22. The first kappa shape index (κ1) is 17.2. The van der Waals surface area contributed by atoms with Crippen LogP contribution >= 0.6 is 0 Å². The summed E-state index contributed by atoms with van der Waals surface area (Å²) in [6.07, 6.45) is 1.65. The molecule has 0 aliphatic carbocycles. The largest absolute Gasteiger partial charge is 0.367 e. The Morgan fingerprint density at radius 3 is 2.70 bits per heavy atom. The van der Waals surface area contributed by atoms with E-state index in [1.54, 1.807) is 42.5 Å². The van der Waals surface area contributed by atoms with E-state index in [0.29, 0.717) is 23.0 Å². The highest BCUT2D eigenvalue weighted by atomic mass is 19.1. The number of anilines is 1. The first-order chi connectivity index (χ1) is 13.1. The van der Waals surface area contributed by atoms with Crippen LogP contribution in [-0.2, 0) is 0 Å². The van der Waals surface area contributed by atoms with Crippen molar-refractivity contribution >= 4 is 22.4 Å². The summed E-state index contributed by atoms with van der Waals surface area (Å²) in [6, 6.07) is 13.4. The summed E-state index contributed by atoms with van der Waals surface area (Å²) in [6.45, 7) is 1.26. The van der Waals surface area contributed by atoms with Crippen LogP contribution in [0.15, 0.2) is 53.3 Å². The Morgan fingerprint density at radius 2 is 1.89 bits per heavy atom. The fourth-order valence-electron chi connectivity index (χ4n) is 3.56. The number of H-pyrrole nitrogens is 1. The number of hydrogen-bond donors (Lipinski definition) is 2. The molecule has 2 aromatic carbocycles. The number of carbonyl (C=O) groups excluding carboxylic acids is 1. The number of amides is 1. The summed E-state index contributed by atoms with van der Waals surface area (Å²) in [5, 5.41) is 10.2. The lowest BCUT2D eigenvalue weighted by Crippen LogP contribution is -2.48. The number of nitrogens with one attached hydrogen (secondary N) is 2. The molecular formula is C20H19FN4O2. The minimum atomic E-state index is -0.345. The third-order valence-electron chi connectivity index (χ3n) is 4.86. The number of carbonyl (C=O) groups is 1. The van der Waals surface area contributed by atoms with Gasteiger partial charge < -0.3 is 10.2 Å². The van der Waals surface area contributed by atoms with Gasteiger partial charge in [-0.05, 0) is 31.0 Å². The molecule has 0 saturated carbocycles. The number of rotatable bonds is 3. The summed E-state index contributed by atoms with van der Waals surface area (Å²) < 4.78 is 14.1. The number of para-hydroxylation sites is 1. The molecule has 2 heterocycles. The van der Waals surface area contributed by atoms with Crippen molar-refractivity contribution in [3.05, 3.63) is 70.4 Å². The number of benzene rings is 2. The van der Waals surface area contributed by atoms with Crippen LogP contribution in [0.4, 0.5) is 10.1 Å². The van der Waals surface area contributed by atoms with Gasteiger partial charge >= 0.3 is 0 Å². The summed E-state index contributed by atoms with van der Waals surface area (Å²) in [7, 11) is 0. The van der Waals surface area contributed by atoms with Crippen LogP contribution in [0.2, 0.25) is 0 Å². The molecule has 1 saturated heterocycles.